The molecule has 0 spiro atoms. The van der Waals surface area contributed by atoms with Crippen LogP contribution in [-0.4, -0.2) is 19.2 Å². The lowest BCUT2D eigenvalue weighted by atomic mass is 9.95. The first-order valence-electron chi connectivity index (χ1n) is 6.64. The average molecular weight is 271 g/mol. The Bertz CT molecular complexity index is 453. The zero-order valence-electron chi connectivity index (χ0n) is 10.5. The van der Waals surface area contributed by atoms with Gasteiger partial charge in [-0.25, -0.2) is 13.2 Å². The van der Waals surface area contributed by atoms with Crippen molar-refractivity contribution in [1.29, 1.82) is 0 Å². The number of benzene rings is 1. The maximum absolute atomic E-state index is 13.3. The van der Waals surface area contributed by atoms with Crippen LogP contribution in [0.25, 0.3) is 0 Å². The Labute approximate surface area is 109 Å². The maximum Gasteiger partial charge on any atom is 0.194 e. The minimum absolute atomic E-state index is 0.185. The summed E-state index contributed by atoms with van der Waals surface area (Å²) in [7, 11) is 0. The number of hydrogen-bond donors (Lipinski definition) is 1. The van der Waals surface area contributed by atoms with Gasteiger partial charge in [-0.2, -0.15) is 0 Å². The summed E-state index contributed by atoms with van der Waals surface area (Å²) < 4.78 is 45.0. The summed E-state index contributed by atoms with van der Waals surface area (Å²) in [5.74, 6) is -3.54. The van der Waals surface area contributed by atoms with Crippen LogP contribution >= 0.6 is 0 Å². The summed E-state index contributed by atoms with van der Waals surface area (Å²) >= 11 is 0. The van der Waals surface area contributed by atoms with Crippen LogP contribution in [0.4, 0.5) is 13.2 Å². The molecule has 2 unspecified atom stereocenters. The molecule has 0 aromatic heterocycles. The predicted molar refractivity (Wildman–Crippen MR) is 64.1 cm³/mol. The van der Waals surface area contributed by atoms with Gasteiger partial charge in [-0.05, 0) is 37.0 Å². The van der Waals surface area contributed by atoms with Crippen LogP contribution in [0.15, 0.2) is 12.1 Å². The molecule has 1 N–H and O–H groups in total. The van der Waals surface area contributed by atoms with Crippen molar-refractivity contribution in [3.05, 3.63) is 35.1 Å². The third-order valence-electron chi connectivity index (χ3n) is 3.79. The molecule has 0 radical (unpaired) electrons. The number of halogens is 3. The van der Waals surface area contributed by atoms with E-state index in [1.807, 2.05) is 0 Å². The Kier molecular flexibility index (Phi) is 3.50. The van der Waals surface area contributed by atoms with E-state index in [4.69, 9.17) is 4.74 Å². The lowest BCUT2D eigenvalue weighted by Crippen LogP contribution is -2.26. The highest BCUT2D eigenvalue weighted by Crippen LogP contribution is 2.35. The molecule has 1 heterocycles. The van der Waals surface area contributed by atoms with Crippen LogP contribution in [0.3, 0.4) is 0 Å². The van der Waals surface area contributed by atoms with Crippen LogP contribution in [0.2, 0.25) is 0 Å². The van der Waals surface area contributed by atoms with E-state index >= 15 is 0 Å². The Balaban J connectivity index is 1.75. The fourth-order valence-corrected chi connectivity index (χ4v) is 2.56. The van der Waals surface area contributed by atoms with Gasteiger partial charge < -0.3 is 10.1 Å². The van der Waals surface area contributed by atoms with E-state index in [9.17, 15) is 13.2 Å². The molecule has 1 saturated heterocycles. The quantitative estimate of drug-likeness (QED) is 0.850. The van der Waals surface area contributed by atoms with Crippen molar-refractivity contribution >= 4 is 0 Å². The highest BCUT2D eigenvalue weighted by atomic mass is 19.2. The van der Waals surface area contributed by atoms with E-state index in [0.717, 1.165) is 25.1 Å². The summed E-state index contributed by atoms with van der Waals surface area (Å²) in [6.45, 7) is 1.35. The smallest absolute Gasteiger partial charge is 0.194 e. The Morgan fingerprint density at radius 1 is 1.11 bits per heavy atom. The molecular formula is C14H16F3NO. The van der Waals surface area contributed by atoms with E-state index in [1.54, 1.807) is 0 Å². The first-order valence-corrected chi connectivity index (χ1v) is 6.64. The van der Waals surface area contributed by atoms with E-state index in [1.165, 1.54) is 12.8 Å². The van der Waals surface area contributed by atoms with Crippen LogP contribution in [0, 0.1) is 23.4 Å². The summed E-state index contributed by atoms with van der Waals surface area (Å²) in [5, 5.41) is 3.40. The van der Waals surface area contributed by atoms with E-state index in [-0.39, 0.29) is 12.0 Å². The van der Waals surface area contributed by atoms with Gasteiger partial charge in [0.05, 0.1) is 6.10 Å². The second-order valence-electron chi connectivity index (χ2n) is 5.32. The zero-order chi connectivity index (χ0) is 13.4. The van der Waals surface area contributed by atoms with Gasteiger partial charge in [0.15, 0.2) is 17.5 Å². The molecule has 2 aliphatic rings. The van der Waals surface area contributed by atoms with Gasteiger partial charge in [-0.15, -0.1) is 0 Å². The van der Waals surface area contributed by atoms with E-state index in [0.29, 0.717) is 18.2 Å². The molecule has 19 heavy (non-hydrogen) atoms. The van der Waals surface area contributed by atoms with Gasteiger partial charge in [0.25, 0.3) is 0 Å². The molecule has 5 heteroatoms. The summed E-state index contributed by atoms with van der Waals surface area (Å²) in [6.07, 6.45) is 2.89. The molecular weight excluding hydrogens is 255 g/mol. The standard InChI is InChI=1S/C14H16F3NO/c15-11-5-9(6-12(16)13(11)17)14-8(3-4-19-14)7-18-10-1-2-10/h5-6,8,10,14,18H,1-4,7H2. The molecule has 0 bridgehead atoms. The molecule has 2 atom stereocenters. The molecule has 0 amide bonds. The number of rotatable bonds is 4. The van der Waals surface area contributed by atoms with Crippen LogP contribution in [0.1, 0.15) is 30.9 Å². The second kappa shape index (κ2) is 5.13. The maximum atomic E-state index is 13.3. The van der Waals surface area contributed by atoms with Gasteiger partial charge >= 0.3 is 0 Å². The summed E-state index contributed by atoms with van der Waals surface area (Å²) in [5.41, 5.74) is 0.386. The molecule has 2 nitrogen and oxygen atoms in total. The zero-order valence-corrected chi connectivity index (χ0v) is 10.5. The third-order valence-corrected chi connectivity index (χ3v) is 3.79. The van der Waals surface area contributed by atoms with Crippen molar-refractivity contribution < 1.29 is 17.9 Å². The van der Waals surface area contributed by atoms with Crippen molar-refractivity contribution in [2.45, 2.75) is 31.4 Å². The Morgan fingerprint density at radius 3 is 2.42 bits per heavy atom. The second-order valence-corrected chi connectivity index (χ2v) is 5.32. The van der Waals surface area contributed by atoms with Crippen molar-refractivity contribution in [3.8, 4) is 0 Å². The van der Waals surface area contributed by atoms with Gasteiger partial charge in [-0.3, -0.25) is 0 Å². The molecule has 1 aromatic carbocycles. The normalized spacial score (nSPS) is 26.9. The molecule has 2 fully saturated rings. The fraction of sp³-hybridized carbons (Fsp3) is 0.571. The van der Waals surface area contributed by atoms with Gasteiger partial charge in [0.2, 0.25) is 0 Å². The van der Waals surface area contributed by atoms with Crippen LogP contribution in [0.5, 0.6) is 0 Å². The van der Waals surface area contributed by atoms with Crippen LogP contribution in [-0.2, 0) is 4.74 Å². The summed E-state index contributed by atoms with van der Waals surface area (Å²) in [6, 6.07) is 2.67. The topological polar surface area (TPSA) is 21.3 Å². The van der Waals surface area contributed by atoms with E-state index in [2.05, 4.69) is 5.32 Å². The lowest BCUT2D eigenvalue weighted by Gasteiger charge is -2.19. The number of nitrogens with one attached hydrogen (secondary N) is 1. The van der Waals surface area contributed by atoms with Gasteiger partial charge in [0, 0.05) is 25.1 Å². The van der Waals surface area contributed by atoms with Gasteiger partial charge in [0.1, 0.15) is 0 Å². The number of ether oxygens (including phenoxy) is 1. The minimum atomic E-state index is -1.42. The highest BCUT2D eigenvalue weighted by molar-refractivity contribution is 5.23. The Morgan fingerprint density at radius 2 is 1.79 bits per heavy atom. The van der Waals surface area contributed by atoms with Crippen molar-refractivity contribution in [2.24, 2.45) is 5.92 Å². The van der Waals surface area contributed by atoms with Crippen LogP contribution < -0.4 is 5.32 Å². The minimum Gasteiger partial charge on any atom is -0.373 e. The first-order chi connectivity index (χ1) is 9.15. The number of hydrogen-bond acceptors (Lipinski definition) is 2. The monoisotopic (exact) mass is 271 g/mol. The molecule has 1 saturated carbocycles. The highest BCUT2D eigenvalue weighted by Gasteiger charge is 2.32. The van der Waals surface area contributed by atoms with Gasteiger partial charge in [-0.1, -0.05) is 0 Å². The fourth-order valence-electron chi connectivity index (χ4n) is 2.56. The van der Waals surface area contributed by atoms with E-state index < -0.39 is 17.5 Å². The molecule has 3 rings (SSSR count). The van der Waals surface area contributed by atoms with Crippen molar-refractivity contribution in [3.63, 3.8) is 0 Å². The molecule has 1 aromatic rings. The molecule has 1 aliphatic carbocycles. The molecule has 104 valence electrons. The molecule has 1 aliphatic heterocycles. The lowest BCUT2D eigenvalue weighted by molar-refractivity contribution is 0.0897. The SMILES string of the molecule is Fc1cc(C2OCCC2CNC2CC2)cc(F)c1F. The third kappa shape index (κ3) is 2.77. The predicted octanol–water partition coefficient (Wildman–Crippen LogP) is 2.93. The largest absolute Gasteiger partial charge is 0.373 e. The van der Waals surface area contributed by atoms with Crippen molar-refractivity contribution in [1.82, 2.24) is 5.32 Å². The van der Waals surface area contributed by atoms with Crippen molar-refractivity contribution in [2.75, 3.05) is 13.2 Å². The summed E-state index contributed by atoms with van der Waals surface area (Å²) in [4.78, 5) is 0. The first kappa shape index (κ1) is 12.9. The Hall–Kier alpha value is -1.07. The average Bonchev–Trinajstić information content (AvgIpc) is 3.10.